The number of hydrogen-bond acceptors (Lipinski definition) is 5. The van der Waals surface area contributed by atoms with E-state index in [0.29, 0.717) is 17.3 Å². The second-order valence-corrected chi connectivity index (χ2v) is 7.69. The number of benzene rings is 1. The highest BCUT2D eigenvalue weighted by molar-refractivity contribution is 6.33. The third-order valence-electron chi connectivity index (χ3n) is 5.57. The first kappa shape index (κ1) is 18.6. The molecule has 0 bridgehead atoms. The minimum absolute atomic E-state index is 0.171. The maximum atomic E-state index is 12.2. The average molecular weight is 422 g/mol. The van der Waals surface area contributed by atoms with Gasteiger partial charge in [-0.05, 0) is 18.2 Å². The van der Waals surface area contributed by atoms with Crippen molar-refractivity contribution in [2.75, 3.05) is 18.5 Å². The second-order valence-electron chi connectivity index (χ2n) is 7.28. The summed E-state index contributed by atoms with van der Waals surface area (Å²) in [5, 5.41) is 10.4. The minimum Gasteiger partial charge on any atom is -0.354 e. The van der Waals surface area contributed by atoms with Crippen molar-refractivity contribution in [3.05, 3.63) is 58.5 Å². The molecule has 0 saturated carbocycles. The number of rotatable bonds is 3. The Labute approximate surface area is 177 Å². The predicted octanol–water partition coefficient (Wildman–Crippen LogP) is 2.93. The van der Waals surface area contributed by atoms with Crippen LogP contribution in [0.25, 0.3) is 22.4 Å². The van der Waals surface area contributed by atoms with Crippen molar-refractivity contribution in [1.29, 1.82) is 0 Å². The van der Waals surface area contributed by atoms with E-state index in [1.807, 2.05) is 41.9 Å². The maximum absolute atomic E-state index is 12.2. The van der Waals surface area contributed by atoms with Gasteiger partial charge in [-0.3, -0.25) is 9.89 Å². The quantitative estimate of drug-likeness (QED) is 0.530. The number of para-hydroxylation sites is 2. The highest BCUT2D eigenvalue weighted by Crippen LogP contribution is 2.33. The lowest BCUT2D eigenvalue weighted by atomic mass is 10.0. The smallest absolute Gasteiger partial charge is 0.269 e. The lowest BCUT2D eigenvalue weighted by Crippen LogP contribution is -2.32. The average Bonchev–Trinajstić information content (AvgIpc) is 3.34. The molecule has 152 valence electrons. The molecule has 0 aliphatic carbocycles. The molecule has 8 nitrogen and oxygen atoms in total. The monoisotopic (exact) mass is 421 g/mol. The lowest BCUT2D eigenvalue weighted by Gasteiger charge is -2.28. The fourth-order valence-electron chi connectivity index (χ4n) is 3.96. The van der Waals surface area contributed by atoms with E-state index in [1.165, 1.54) is 0 Å². The predicted molar refractivity (Wildman–Crippen MR) is 116 cm³/mol. The van der Waals surface area contributed by atoms with Gasteiger partial charge < -0.3 is 14.8 Å². The molecule has 2 N–H and O–H groups in total. The molecule has 5 rings (SSSR count). The second kappa shape index (κ2) is 7.14. The van der Waals surface area contributed by atoms with Crippen LogP contribution in [0.1, 0.15) is 21.7 Å². The molecule has 0 unspecified atom stereocenters. The molecule has 3 aromatic heterocycles. The normalized spacial score (nSPS) is 13.5. The molecule has 30 heavy (non-hydrogen) atoms. The molecule has 1 amide bonds. The van der Waals surface area contributed by atoms with Crippen LogP contribution in [0, 0.1) is 0 Å². The van der Waals surface area contributed by atoms with E-state index in [4.69, 9.17) is 16.6 Å². The SMILES string of the molecule is CNC(=O)c1[nH]nc2c1CN(c1cc(-c3nc4ccccc4n3C)c(Cl)cn1)CC2. The Morgan fingerprint density at radius 3 is 2.93 bits per heavy atom. The maximum Gasteiger partial charge on any atom is 0.269 e. The van der Waals surface area contributed by atoms with Gasteiger partial charge in [0, 0.05) is 50.9 Å². The van der Waals surface area contributed by atoms with E-state index < -0.39 is 0 Å². The van der Waals surface area contributed by atoms with E-state index in [0.717, 1.165) is 52.5 Å². The van der Waals surface area contributed by atoms with Gasteiger partial charge in [-0.25, -0.2) is 9.97 Å². The van der Waals surface area contributed by atoms with E-state index >= 15 is 0 Å². The number of imidazole rings is 1. The zero-order chi connectivity index (χ0) is 20.8. The topological polar surface area (TPSA) is 91.7 Å². The van der Waals surface area contributed by atoms with E-state index in [1.54, 1.807) is 13.2 Å². The van der Waals surface area contributed by atoms with Gasteiger partial charge in [0.2, 0.25) is 0 Å². The summed E-state index contributed by atoms with van der Waals surface area (Å²) >= 11 is 6.52. The van der Waals surface area contributed by atoms with E-state index in [-0.39, 0.29) is 5.91 Å². The summed E-state index contributed by atoms with van der Waals surface area (Å²) in [6, 6.07) is 9.95. The highest BCUT2D eigenvalue weighted by Gasteiger charge is 2.26. The van der Waals surface area contributed by atoms with Gasteiger partial charge in [-0.2, -0.15) is 5.10 Å². The summed E-state index contributed by atoms with van der Waals surface area (Å²) in [6.45, 7) is 1.30. The molecule has 1 aliphatic rings. The van der Waals surface area contributed by atoms with Gasteiger partial charge in [-0.15, -0.1) is 0 Å². The van der Waals surface area contributed by atoms with Gasteiger partial charge >= 0.3 is 0 Å². The Morgan fingerprint density at radius 1 is 1.30 bits per heavy atom. The summed E-state index contributed by atoms with van der Waals surface area (Å²) in [6.07, 6.45) is 2.39. The number of carbonyl (C=O) groups is 1. The Hall–Kier alpha value is -3.39. The van der Waals surface area contributed by atoms with Crippen LogP contribution in [-0.4, -0.2) is 44.2 Å². The molecule has 4 aromatic rings. The largest absolute Gasteiger partial charge is 0.354 e. The summed E-state index contributed by atoms with van der Waals surface area (Å²) < 4.78 is 2.04. The number of H-pyrrole nitrogens is 1. The number of pyridine rings is 1. The van der Waals surface area contributed by atoms with Crippen molar-refractivity contribution in [2.24, 2.45) is 7.05 Å². The van der Waals surface area contributed by atoms with Gasteiger partial charge in [-0.1, -0.05) is 23.7 Å². The number of aromatic nitrogens is 5. The third kappa shape index (κ3) is 2.91. The van der Waals surface area contributed by atoms with Crippen LogP contribution in [0.2, 0.25) is 5.02 Å². The first-order chi connectivity index (χ1) is 14.6. The van der Waals surface area contributed by atoms with Crippen molar-refractivity contribution in [2.45, 2.75) is 13.0 Å². The standard InChI is InChI=1S/C21H20ClN7O/c1-23-21(30)19-13-11-29(8-7-15(13)26-27-19)18-9-12(14(22)10-24-18)20-25-16-5-3-4-6-17(16)28(20)2/h3-6,9-10H,7-8,11H2,1-2H3,(H,23,30)(H,26,27). The number of anilines is 1. The van der Waals surface area contributed by atoms with Crippen molar-refractivity contribution < 1.29 is 4.79 Å². The molecule has 1 aliphatic heterocycles. The summed E-state index contributed by atoms with van der Waals surface area (Å²) in [7, 11) is 3.59. The molecule has 0 saturated heterocycles. The van der Waals surface area contributed by atoms with E-state index in [9.17, 15) is 4.79 Å². The number of nitrogens with one attached hydrogen (secondary N) is 2. The fourth-order valence-corrected chi connectivity index (χ4v) is 4.15. The number of carbonyl (C=O) groups excluding carboxylic acids is 1. The van der Waals surface area contributed by atoms with Gasteiger partial charge in [0.1, 0.15) is 17.3 Å². The first-order valence-corrected chi connectivity index (χ1v) is 10.0. The zero-order valence-electron chi connectivity index (χ0n) is 16.6. The number of aryl methyl sites for hydroxylation is 1. The van der Waals surface area contributed by atoms with Crippen LogP contribution in [-0.2, 0) is 20.0 Å². The molecule has 0 spiro atoms. The number of hydrogen-bond donors (Lipinski definition) is 2. The number of fused-ring (bicyclic) bond motifs is 2. The number of aromatic amines is 1. The molecule has 0 radical (unpaired) electrons. The molecular formula is C21H20ClN7O. The molecular weight excluding hydrogens is 402 g/mol. The van der Waals surface area contributed by atoms with Crippen LogP contribution in [0.5, 0.6) is 0 Å². The van der Waals surface area contributed by atoms with Gasteiger partial charge in [0.25, 0.3) is 5.91 Å². The Morgan fingerprint density at radius 2 is 2.13 bits per heavy atom. The summed E-state index contributed by atoms with van der Waals surface area (Å²) in [5.41, 5.74) is 5.11. The zero-order valence-corrected chi connectivity index (χ0v) is 17.4. The highest BCUT2D eigenvalue weighted by atomic mass is 35.5. The lowest BCUT2D eigenvalue weighted by molar-refractivity contribution is 0.0957. The van der Waals surface area contributed by atoms with E-state index in [2.05, 4.69) is 25.4 Å². The fraction of sp³-hybridized carbons (Fsp3) is 0.238. The molecule has 9 heteroatoms. The number of nitrogens with zero attached hydrogens (tertiary/aromatic N) is 5. The van der Waals surface area contributed by atoms with Gasteiger partial charge in [0.15, 0.2) is 0 Å². The van der Waals surface area contributed by atoms with Crippen LogP contribution in [0.15, 0.2) is 36.5 Å². The molecule has 4 heterocycles. The summed E-state index contributed by atoms with van der Waals surface area (Å²) in [4.78, 5) is 23.6. The van der Waals surface area contributed by atoms with Gasteiger partial charge in [0.05, 0.1) is 21.7 Å². The molecule has 1 aromatic carbocycles. The number of halogens is 1. The summed E-state index contributed by atoms with van der Waals surface area (Å²) in [5.74, 6) is 1.41. The van der Waals surface area contributed by atoms with Crippen molar-refractivity contribution in [3.8, 4) is 11.4 Å². The van der Waals surface area contributed by atoms with Crippen molar-refractivity contribution in [1.82, 2.24) is 30.0 Å². The molecule has 0 atom stereocenters. The Balaban J connectivity index is 1.53. The van der Waals surface area contributed by atoms with Crippen molar-refractivity contribution in [3.63, 3.8) is 0 Å². The van der Waals surface area contributed by atoms with Crippen LogP contribution >= 0.6 is 11.6 Å². The van der Waals surface area contributed by atoms with Crippen LogP contribution < -0.4 is 10.2 Å². The molecule has 0 fully saturated rings. The van der Waals surface area contributed by atoms with Crippen molar-refractivity contribution >= 4 is 34.4 Å². The first-order valence-electron chi connectivity index (χ1n) is 9.67. The number of amides is 1. The third-order valence-corrected chi connectivity index (χ3v) is 5.87. The minimum atomic E-state index is -0.171. The Bertz CT molecular complexity index is 1280. The Kier molecular flexibility index (Phi) is 4.43. The van der Waals surface area contributed by atoms with Crippen LogP contribution in [0.3, 0.4) is 0 Å². The van der Waals surface area contributed by atoms with Crippen LogP contribution in [0.4, 0.5) is 5.82 Å².